The first-order valence-electron chi connectivity index (χ1n) is 5.67. The number of likely N-dealkylation sites (tertiary alicyclic amines) is 1. The van der Waals surface area contributed by atoms with Crippen molar-refractivity contribution >= 4 is 5.91 Å². The van der Waals surface area contributed by atoms with Crippen LogP contribution in [0, 0.1) is 18.3 Å². The van der Waals surface area contributed by atoms with Gasteiger partial charge in [0.1, 0.15) is 0 Å². The highest BCUT2D eigenvalue weighted by Crippen LogP contribution is 2.27. The largest absolute Gasteiger partial charge is 0.394 e. The summed E-state index contributed by atoms with van der Waals surface area (Å²) in [6.45, 7) is 0.461. The molecule has 2 atom stereocenters. The van der Waals surface area contributed by atoms with Crippen molar-refractivity contribution in [2.75, 3.05) is 13.2 Å². The molecule has 0 bridgehead atoms. The van der Waals surface area contributed by atoms with E-state index in [0.717, 1.165) is 5.56 Å². The van der Waals surface area contributed by atoms with Gasteiger partial charge in [-0.2, -0.15) is 0 Å². The van der Waals surface area contributed by atoms with E-state index in [4.69, 9.17) is 6.42 Å². The molecule has 1 aliphatic heterocycles. The van der Waals surface area contributed by atoms with Crippen LogP contribution in [-0.2, 0) is 4.79 Å². The second-order valence-corrected chi connectivity index (χ2v) is 4.22. The Labute approximate surface area is 101 Å². The number of amides is 1. The van der Waals surface area contributed by atoms with Gasteiger partial charge in [0.25, 0.3) is 0 Å². The number of carbonyl (C=O) groups is 1. The molecule has 2 rings (SSSR count). The maximum absolute atomic E-state index is 11.8. The summed E-state index contributed by atoms with van der Waals surface area (Å²) in [6, 6.07) is 9.26. The lowest BCUT2D eigenvalue weighted by Gasteiger charge is -2.26. The summed E-state index contributed by atoms with van der Waals surface area (Å²) >= 11 is 0. The van der Waals surface area contributed by atoms with E-state index >= 15 is 0 Å². The van der Waals surface area contributed by atoms with Gasteiger partial charge >= 0.3 is 0 Å². The molecular formula is C14H15NO2. The van der Waals surface area contributed by atoms with Crippen LogP contribution in [0.4, 0.5) is 0 Å². The number of hydrogen-bond donors (Lipinski definition) is 1. The maximum Gasteiger partial charge on any atom is 0.224 e. The molecular weight excluding hydrogens is 214 g/mol. The number of hydrogen-bond acceptors (Lipinski definition) is 2. The average molecular weight is 229 g/mol. The Morgan fingerprint density at radius 2 is 2.18 bits per heavy atom. The van der Waals surface area contributed by atoms with Gasteiger partial charge in [-0.25, -0.2) is 0 Å². The van der Waals surface area contributed by atoms with Crippen LogP contribution in [0.3, 0.4) is 0 Å². The van der Waals surface area contributed by atoms with Gasteiger partial charge in [0.15, 0.2) is 0 Å². The zero-order valence-electron chi connectivity index (χ0n) is 9.54. The lowest BCUT2D eigenvalue weighted by atomic mass is 10.1. The van der Waals surface area contributed by atoms with E-state index in [1.54, 1.807) is 4.90 Å². The van der Waals surface area contributed by atoms with E-state index in [0.29, 0.717) is 13.0 Å². The minimum absolute atomic E-state index is 0.0239. The molecule has 1 saturated heterocycles. The van der Waals surface area contributed by atoms with Crippen LogP contribution in [0.15, 0.2) is 30.3 Å². The Bertz CT molecular complexity index is 435. The molecule has 0 aliphatic carbocycles. The molecule has 0 radical (unpaired) electrons. The topological polar surface area (TPSA) is 40.5 Å². The highest BCUT2D eigenvalue weighted by Gasteiger charge is 2.33. The average Bonchev–Trinajstić information content (AvgIpc) is 2.73. The monoisotopic (exact) mass is 229 g/mol. The first-order chi connectivity index (χ1) is 8.26. The van der Waals surface area contributed by atoms with Crippen LogP contribution in [0.25, 0.3) is 0 Å². The number of aliphatic hydroxyl groups excluding tert-OH is 1. The van der Waals surface area contributed by atoms with Crippen molar-refractivity contribution in [3.8, 4) is 12.3 Å². The molecule has 1 unspecified atom stereocenters. The molecule has 0 saturated carbocycles. The summed E-state index contributed by atoms with van der Waals surface area (Å²) < 4.78 is 0. The van der Waals surface area contributed by atoms with Crippen molar-refractivity contribution in [3.05, 3.63) is 35.9 Å². The van der Waals surface area contributed by atoms with Crippen LogP contribution < -0.4 is 0 Å². The van der Waals surface area contributed by atoms with Crippen molar-refractivity contribution in [1.29, 1.82) is 0 Å². The predicted octanol–water partition coefficient (Wildman–Crippen LogP) is 1.20. The van der Waals surface area contributed by atoms with Gasteiger partial charge in [-0.15, -0.1) is 12.3 Å². The number of terminal acetylenes is 1. The smallest absolute Gasteiger partial charge is 0.224 e. The third kappa shape index (κ3) is 2.32. The van der Waals surface area contributed by atoms with Crippen LogP contribution >= 0.6 is 0 Å². The molecule has 0 aromatic heterocycles. The fourth-order valence-electron chi connectivity index (χ4n) is 2.20. The molecule has 0 spiro atoms. The third-order valence-electron chi connectivity index (χ3n) is 3.13. The SMILES string of the molecule is C#CC1CC(=O)N([C@@H](CO)c2ccccc2)C1. The number of benzene rings is 1. The van der Waals surface area contributed by atoms with Gasteiger partial charge in [-0.3, -0.25) is 4.79 Å². The molecule has 1 amide bonds. The third-order valence-corrected chi connectivity index (χ3v) is 3.13. The summed E-state index contributed by atoms with van der Waals surface area (Å²) in [5.41, 5.74) is 0.945. The number of aliphatic hydroxyl groups is 1. The van der Waals surface area contributed by atoms with E-state index in [2.05, 4.69) is 5.92 Å². The van der Waals surface area contributed by atoms with E-state index in [1.165, 1.54) is 0 Å². The molecule has 1 fully saturated rings. The Balaban J connectivity index is 2.21. The van der Waals surface area contributed by atoms with Gasteiger partial charge in [0.2, 0.25) is 5.91 Å². The fourth-order valence-corrected chi connectivity index (χ4v) is 2.20. The second kappa shape index (κ2) is 5.03. The standard InChI is InChI=1S/C14H15NO2/c1-2-11-8-14(17)15(9-11)13(10-16)12-6-4-3-5-7-12/h1,3-7,11,13,16H,8-10H2/t11?,13-/m0/s1. The Kier molecular flexibility index (Phi) is 3.46. The minimum atomic E-state index is -0.276. The molecule has 1 aromatic carbocycles. The van der Waals surface area contributed by atoms with Crippen LogP contribution in [0.5, 0.6) is 0 Å². The summed E-state index contributed by atoms with van der Waals surface area (Å²) in [4.78, 5) is 13.5. The predicted molar refractivity (Wildman–Crippen MR) is 64.9 cm³/mol. The van der Waals surface area contributed by atoms with Crippen molar-refractivity contribution in [3.63, 3.8) is 0 Å². The van der Waals surface area contributed by atoms with Crippen molar-refractivity contribution in [2.45, 2.75) is 12.5 Å². The summed E-state index contributed by atoms with van der Waals surface area (Å²) in [7, 11) is 0. The highest BCUT2D eigenvalue weighted by atomic mass is 16.3. The molecule has 1 aromatic rings. The fraction of sp³-hybridized carbons (Fsp3) is 0.357. The number of nitrogens with zero attached hydrogens (tertiary/aromatic N) is 1. The normalized spacial score (nSPS) is 21.3. The first kappa shape index (κ1) is 11.7. The van der Waals surface area contributed by atoms with E-state index < -0.39 is 0 Å². The summed E-state index contributed by atoms with van der Waals surface area (Å²) in [5.74, 6) is 2.61. The molecule has 1 heterocycles. The van der Waals surface area contributed by atoms with Gasteiger partial charge in [0, 0.05) is 18.9 Å². The Hall–Kier alpha value is -1.79. The van der Waals surface area contributed by atoms with Gasteiger partial charge < -0.3 is 10.0 Å². The lowest BCUT2D eigenvalue weighted by Crippen LogP contribution is -2.32. The maximum atomic E-state index is 11.8. The first-order valence-corrected chi connectivity index (χ1v) is 5.67. The molecule has 88 valence electrons. The van der Waals surface area contributed by atoms with Crippen LogP contribution in [0.2, 0.25) is 0 Å². The van der Waals surface area contributed by atoms with Crippen molar-refractivity contribution in [1.82, 2.24) is 4.90 Å². The zero-order chi connectivity index (χ0) is 12.3. The van der Waals surface area contributed by atoms with Crippen molar-refractivity contribution < 1.29 is 9.90 Å². The van der Waals surface area contributed by atoms with E-state index in [9.17, 15) is 9.90 Å². The van der Waals surface area contributed by atoms with Crippen molar-refractivity contribution in [2.24, 2.45) is 5.92 Å². The van der Waals surface area contributed by atoms with E-state index in [-0.39, 0.29) is 24.5 Å². The van der Waals surface area contributed by atoms with Gasteiger partial charge in [-0.1, -0.05) is 30.3 Å². The molecule has 1 N–H and O–H groups in total. The van der Waals surface area contributed by atoms with Gasteiger partial charge in [-0.05, 0) is 5.56 Å². The number of carbonyl (C=O) groups excluding carboxylic acids is 1. The summed E-state index contributed by atoms with van der Waals surface area (Å²) in [5, 5.41) is 9.47. The quantitative estimate of drug-likeness (QED) is 0.791. The second-order valence-electron chi connectivity index (χ2n) is 4.22. The zero-order valence-corrected chi connectivity index (χ0v) is 9.54. The molecule has 3 nitrogen and oxygen atoms in total. The number of rotatable bonds is 3. The molecule has 17 heavy (non-hydrogen) atoms. The highest BCUT2D eigenvalue weighted by molar-refractivity contribution is 5.79. The molecule has 3 heteroatoms. The van der Waals surface area contributed by atoms with Crippen LogP contribution in [-0.4, -0.2) is 29.1 Å². The Morgan fingerprint density at radius 3 is 2.71 bits per heavy atom. The van der Waals surface area contributed by atoms with E-state index in [1.807, 2.05) is 30.3 Å². The Morgan fingerprint density at radius 1 is 1.47 bits per heavy atom. The van der Waals surface area contributed by atoms with Crippen LogP contribution in [0.1, 0.15) is 18.0 Å². The lowest BCUT2D eigenvalue weighted by molar-refractivity contribution is -0.130. The summed E-state index contributed by atoms with van der Waals surface area (Å²) in [6.07, 6.45) is 5.74. The van der Waals surface area contributed by atoms with Gasteiger partial charge in [0.05, 0.1) is 12.6 Å². The molecule has 1 aliphatic rings. The minimum Gasteiger partial charge on any atom is -0.394 e.